The number of unbranched alkanes of at least 4 members (excludes halogenated alkanes) is 27. The lowest BCUT2D eigenvalue weighted by molar-refractivity contribution is -0.151. The molecule has 6 nitrogen and oxygen atoms in total. The zero-order valence-corrected chi connectivity index (χ0v) is 45.4. The van der Waals surface area contributed by atoms with Gasteiger partial charge < -0.3 is 20.3 Å². The van der Waals surface area contributed by atoms with Crippen LogP contribution in [0.25, 0.3) is 0 Å². The average Bonchev–Trinajstić information content (AvgIpc) is 3.34. The van der Waals surface area contributed by atoms with E-state index < -0.39 is 18.2 Å². The Balaban J connectivity index is 4.67. The van der Waals surface area contributed by atoms with Crippen molar-refractivity contribution in [3.63, 3.8) is 0 Å². The Kier molecular flexibility index (Phi) is 53.6. The van der Waals surface area contributed by atoms with E-state index in [0.717, 1.165) is 109 Å². The van der Waals surface area contributed by atoms with E-state index in [1.165, 1.54) is 122 Å². The predicted octanol–water partition coefficient (Wildman–Crippen LogP) is 18.3. The lowest BCUT2D eigenvalue weighted by atomic mass is 10.0. The number of nitrogens with one attached hydrogen (secondary N) is 1. The maximum atomic E-state index is 13.3. The second kappa shape index (κ2) is 56.0. The number of hydrogen-bond acceptors (Lipinski definition) is 5. The highest BCUT2D eigenvalue weighted by atomic mass is 16.5. The number of carbonyl (C=O) groups is 2. The summed E-state index contributed by atoms with van der Waals surface area (Å²) in [5.41, 5.74) is 0. The van der Waals surface area contributed by atoms with Crippen molar-refractivity contribution in [1.82, 2.24) is 5.32 Å². The van der Waals surface area contributed by atoms with Crippen molar-refractivity contribution >= 4 is 11.9 Å². The van der Waals surface area contributed by atoms with Gasteiger partial charge in [-0.1, -0.05) is 254 Å². The largest absolute Gasteiger partial charge is 0.462 e. The molecule has 0 aromatic heterocycles. The van der Waals surface area contributed by atoms with Crippen LogP contribution in [0.2, 0.25) is 0 Å². The minimum atomic E-state index is -0.806. The summed E-state index contributed by atoms with van der Waals surface area (Å²) in [7, 11) is 0. The van der Waals surface area contributed by atoms with E-state index in [-0.39, 0.29) is 24.9 Å². The molecular formula is C63H111NO5. The van der Waals surface area contributed by atoms with E-state index in [1.54, 1.807) is 0 Å². The Labute approximate surface area is 427 Å². The molecule has 0 aliphatic heterocycles. The maximum absolute atomic E-state index is 13.3. The van der Waals surface area contributed by atoms with E-state index in [0.29, 0.717) is 19.3 Å². The van der Waals surface area contributed by atoms with Crippen molar-refractivity contribution in [2.75, 3.05) is 6.61 Å². The summed E-state index contributed by atoms with van der Waals surface area (Å²) < 4.78 is 5.94. The van der Waals surface area contributed by atoms with Gasteiger partial charge in [0, 0.05) is 6.42 Å². The third kappa shape index (κ3) is 51.2. The summed E-state index contributed by atoms with van der Waals surface area (Å²) in [6.07, 6.45) is 73.6. The van der Waals surface area contributed by atoms with Crippen LogP contribution in [0, 0.1) is 0 Å². The van der Waals surface area contributed by atoms with E-state index >= 15 is 0 Å². The van der Waals surface area contributed by atoms with Crippen LogP contribution < -0.4 is 5.32 Å². The fraction of sp³-hybridized carbons (Fsp3) is 0.746. The van der Waals surface area contributed by atoms with E-state index in [2.05, 4.69) is 111 Å². The lowest BCUT2D eigenvalue weighted by Crippen LogP contribution is -2.46. The summed E-state index contributed by atoms with van der Waals surface area (Å²) in [6, 6.07) is -0.722. The van der Waals surface area contributed by atoms with Gasteiger partial charge in [-0.05, 0) is 96.3 Å². The Morgan fingerprint density at radius 2 is 0.826 bits per heavy atom. The highest BCUT2D eigenvalue weighted by molar-refractivity contribution is 5.77. The molecule has 1 amide bonds. The molecule has 398 valence electrons. The predicted molar refractivity (Wildman–Crippen MR) is 301 cm³/mol. The molecule has 0 saturated carbocycles. The Hall–Kier alpha value is -2.96. The van der Waals surface area contributed by atoms with Gasteiger partial charge in [0.1, 0.15) is 6.10 Å². The number of rotatable bonds is 52. The third-order valence-electron chi connectivity index (χ3n) is 13.0. The molecule has 6 heteroatoms. The van der Waals surface area contributed by atoms with Gasteiger partial charge in [0.15, 0.2) is 0 Å². The SMILES string of the molecule is CC/C=C\C/C=C\C/C=C\C/C=C\C/C=C\CCCCCC(=O)OC(CCCCC/C=C/C=C/CCCCCCCCC)CC(=O)NC(CO)C(O)CCCCCCCCCCCCCCCCC. The average molecular weight is 963 g/mol. The molecule has 0 spiro atoms. The number of amides is 1. The van der Waals surface area contributed by atoms with Crippen LogP contribution in [-0.2, 0) is 14.3 Å². The molecule has 0 aliphatic rings. The maximum Gasteiger partial charge on any atom is 0.306 e. The molecule has 3 atom stereocenters. The van der Waals surface area contributed by atoms with Gasteiger partial charge >= 0.3 is 5.97 Å². The molecule has 3 unspecified atom stereocenters. The first-order valence-corrected chi connectivity index (χ1v) is 29.3. The molecule has 0 aromatic carbocycles. The molecule has 0 radical (unpaired) electrons. The van der Waals surface area contributed by atoms with E-state index in [4.69, 9.17) is 4.74 Å². The second-order valence-electron chi connectivity index (χ2n) is 19.7. The number of hydrogen-bond donors (Lipinski definition) is 3. The van der Waals surface area contributed by atoms with Crippen molar-refractivity contribution in [2.24, 2.45) is 0 Å². The Morgan fingerprint density at radius 3 is 1.29 bits per heavy atom. The van der Waals surface area contributed by atoms with Gasteiger partial charge in [-0.3, -0.25) is 9.59 Å². The molecule has 0 rings (SSSR count). The van der Waals surface area contributed by atoms with E-state index in [1.807, 2.05) is 0 Å². The fourth-order valence-electron chi connectivity index (χ4n) is 8.57. The molecule has 0 saturated heterocycles. The number of allylic oxidation sites excluding steroid dienone is 14. The third-order valence-corrected chi connectivity index (χ3v) is 13.0. The standard InChI is InChI=1S/C63H111NO5/c1-4-7-10-13-16-19-22-25-28-30-31-32-35-38-41-44-47-50-53-56-63(68)69-59(54-51-48-45-42-39-36-34-29-26-23-20-17-14-11-8-5-2)57-62(67)64-60(58-65)61(66)55-52-49-46-43-40-37-33-27-24-21-18-15-12-9-6-3/h7,10,16,19,25,28-29,31-32,34,36,38-39,41,59-61,65-66H,4-6,8-9,11-15,17-18,20-24,26-27,30,33,35,37,40,42-58H2,1-3H3,(H,64,67)/b10-7-,19-16-,28-25-,32-31-,34-29+,39-36+,41-38-. The highest BCUT2D eigenvalue weighted by Gasteiger charge is 2.24. The van der Waals surface area contributed by atoms with E-state index in [9.17, 15) is 19.8 Å². The molecule has 3 N–H and O–H groups in total. The van der Waals surface area contributed by atoms with Crippen molar-refractivity contribution < 1.29 is 24.5 Å². The fourth-order valence-corrected chi connectivity index (χ4v) is 8.57. The van der Waals surface area contributed by atoms with Crippen LogP contribution in [0.1, 0.15) is 278 Å². The van der Waals surface area contributed by atoms with Gasteiger partial charge in [0.2, 0.25) is 5.91 Å². The second-order valence-corrected chi connectivity index (χ2v) is 19.7. The molecule has 0 heterocycles. The first-order chi connectivity index (χ1) is 34.0. The van der Waals surface area contributed by atoms with Crippen LogP contribution in [-0.4, -0.2) is 46.9 Å². The van der Waals surface area contributed by atoms with Gasteiger partial charge in [-0.2, -0.15) is 0 Å². The zero-order valence-electron chi connectivity index (χ0n) is 45.4. The number of aliphatic hydroxyl groups is 2. The first kappa shape index (κ1) is 66.0. The smallest absolute Gasteiger partial charge is 0.306 e. The zero-order chi connectivity index (χ0) is 50.2. The van der Waals surface area contributed by atoms with Crippen LogP contribution in [0.5, 0.6) is 0 Å². The minimum absolute atomic E-state index is 0.0431. The summed E-state index contributed by atoms with van der Waals surface area (Å²) in [5.74, 6) is -0.536. The molecule has 0 aromatic rings. The Morgan fingerprint density at radius 1 is 0.449 bits per heavy atom. The van der Waals surface area contributed by atoms with Gasteiger partial charge in [0.05, 0.1) is 25.2 Å². The monoisotopic (exact) mass is 962 g/mol. The van der Waals surface area contributed by atoms with Crippen molar-refractivity contribution in [1.29, 1.82) is 0 Å². The van der Waals surface area contributed by atoms with Crippen LogP contribution in [0.15, 0.2) is 85.1 Å². The first-order valence-electron chi connectivity index (χ1n) is 29.3. The number of esters is 1. The van der Waals surface area contributed by atoms with Gasteiger partial charge in [-0.25, -0.2) is 0 Å². The van der Waals surface area contributed by atoms with Gasteiger partial charge in [0.25, 0.3) is 0 Å². The van der Waals surface area contributed by atoms with Gasteiger partial charge in [-0.15, -0.1) is 0 Å². The normalized spacial score (nSPS) is 13.8. The van der Waals surface area contributed by atoms with Crippen molar-refractivity contribution in [3.05, 3.63) is 85.1 Å². The number of aliphatic hydroxyl groups excluding tert-OH is 2. The minimum Gasteiger partial charge on any atom is -0.462 e. The lowest BCUT2D eigenvalue weighted by Gasteiger charge is -2.24. The molecule has 0 aliphatic carbocycles. The molecule has 0 bridgehead atoms. The summed E-state index contributed by atoms with van der Waals surface area (Å²) in [6.45, 7) is 6.37. The quantitative estimate of drug-likeness (QED) is 0.0244. The molecule has 69 heavy (non-hydrogen) atoms. The molecule has 0 fully saturated rings. The van der Waals surface area contributed by atoms with Crippen LogP contribution in [0.3, 0.4) is 0 Å². The van der Waals surface area contributed by atoms with Crippen LogP contribution in [0.4, 0.5) is 0 Å². The molecular weight excluding hydrogens is 851 g/mol. The Bertz CT molecular complexity index is 1310. The van der Waals surface area contributed by atoms with Crippen molar-refractivity contribution in [3.8, 4) is 0 Å². The topological polar surface area (TPSA) is 95.9 Å². The highest BCUT2D eigenvalue weighted by Crippen LogP contribution is 2.18. The number of ether oxygens (including phenoxy) is 1. The summed E-state index contributed by atoms with van der Waals surface area (Å²) >= 11 is 0. The van der Waals surface area contributed by atoms with Crippen LogP contribution >= 0.6 is 0 Å². The summed E-state index contributed by atoms with van der Waals surface area (Å²) in [5, 5.41) is 23.9. The number of carbonyl (C=O) groups excluding carboxylic acids is 2. The summed E-state index contributed by atoms with van der Waals surface area (Å²) in [4.78, 5) is 26.3. The van der Waals surface area contributed by atoms with Crippen molar-refractivity contribution in [2.45, 2.75) is 296 Å².